The molecule has 1 fully saturated rings. The molecular formula is C16H18N2O3. The first-order valence-corrected chi connectivity index (χ1v) is 7.08. The maximum atomic E-state index is 12.2. The van der Waals surface area contributed by atoms with Crippen molar-refractivity contribution in [3.8, 4) is 0 Å². The Hall–Kier alpha value is -2.30. The van der Waals surface area contributed by atoms with E-state index < -0.39 is 5.97 Å². The van der Waals surface area contributed by atoms with Crippen LogP contribution in [0.2, 0.25) is 0 Å². The molecule has 5 nitrogen and oxygen atoms in total. The number of rotatable bonds is 3. The SMILES string of the molecule is Cc1ccc2[nH]c(C(=O)NC3CC(C(=O)O)C3)cc2c1C. The van der Waals surface area contributed by atoms with Gasteiger partial charge in [-0.25, -0.2) is 0 Å². The maximum absolute atomic E-state index is 12.2. The molecule has 21 heavy (non-hydrogen) atoms. The summed E-state index contributed by atoms with van der Waals surface area (Å²) in [6, 6.07) is 5.82. The highest BCUT2D eigenvalue weighted by Crippen LogP contribution is 2.28. The Kier molecular flexibility index (Phi) is 3.20. The number of aliphatic carboxylic acids is 1. The summed E-state index contributed by atoms with van der Waals surface area (Å²) in [6.07, 6.45) is 1.03. The molecule has 1 saturated carbocycles. The van der Waals surface area contributed by atoms with Gasteiger partial charge in [0, 0.05) is 16.9 Å². The largest absolute Gasteiger partial charge is 0.481 e. The van der Waals surface area contributed by atoms with E-state index in [2.05, 4.69) is 10.3 Å². The molecule has 3 rings (SSSR count). The van der Waals surface area contributed by atoms with Gasteiger partial charge < -0.3 is 15.4 Å². The number of carboxylic acid groups (broad SMARTS) is 1. The normalized spacial score (nSPS) is 21.0. The lowest BCUT2D eigenvalue weighted by Crippen LogP contribution is -2.46. The van der Waals surface area contributed by atoms with Gasteiger partial charge in [0.25, 0.3) is 5.91 Å². The van der Waals surface area contributed by atoms with Gasteiger partial charge in [-0.1, -0.05) is 6.07 Å². The van der Waals surface area contributed by atoms with Crippen LogP contribution in [0.5, 0.6) is 0 Å². The number of carboxylic acids is 1. The summed E-state index contributed by atoms with van der Waals surface area (Å²) in [5.74, 6) is -1.27. The van der Waals surface area contributed by atoms with E-state index in [0.717, 1.165) is 16.5 Å². The predicted octanol–water partition coefficient (Wildman–Crippen LogP) is 2.38. The maximum Gasteiger partial charge on any atom is 0.306 e. The smallest absolute Gasteiger partial charge is 0.306 e. The van der Waals surface area contributed by atoms with Crippen molar-refractivity contribution in [1.82, 2.24) is 10.3 Å². The molecule has 0 bridgehead atoms. The number of fused-ring (bicyclic) bond motifs is 1. The lowest BCUT2D eigenvalue weighted by Gasteiger charge is -2.32. The van der Waals surface area contributed by atoms with E-state index in [1.807, 2.05) is 32.0 Å². The molecule has 1 aliphatic rings. The summed E-state index contributed by atoms with van der Waals surface area (Å²) in [7, 11) is 0. The van der Waals surface area contributed by atoms with Crippen LogP contribution in [0.25, 0.3) is 10.9 Å². The second-order valence-corrected chi connectivity index (χ2v) is 5.83. The first-order valence-electron chi connectivity index (χ1n) is 7.08. The van der Waals surface area contributed by atoms with E-state index in [1.165, 1.54) is 5.56 Å². The van der Waals surface area contributed by atoms with Crippen LogP contribution in [-0.2, 0) is 4.79 Å². The van der Waals surface area contributed by atoms with Crippen LogP contribution < -0.4 is 5.32 Å². The summed E-state index contributed by atoms with van der Waals surface area (Å²) in [4.78, 5) is 26.1. The van der Waals surface area contributed by atoms with E-state index >= 15 is 0 Å². The van der Waals surface area contributed by atoms with Crippen molar-refractivity contribution >= 4 is 22.8 Å². The highest BCUT2D eigenvalue weighted by Gasteiger charge is 2.35. The van der Waals surface area contributed by atoms with Crippen LogP contribution in [0.3, 0.4) is 0 Å². The van der Waals surface area contributed by atoms with Crippen molar-refractivity contribution in [2.45, 2.75) is 32.7 Å². The minimum Gasteiger partial charge on any atom is -0.481 e. The number of H-pyrrole nitrogens is 1. The third-order valence-electron chi connectivity index (χ3n) is 4.41. The fourth-order valence-electron chi connectivity index (χ4n) is 2.78. The number of amides is 1. The minimum atomic E-state index is -0.780. The van der Waals surface area contributed by atoms with Crippen LogP contribution in [-0.4, -0.2) is 28.0 Å². The van der Waals surface area contributed by atoms with Crippen molar-refractivity contribution in [1.29, 1.82) is 0 Å². The highest BCUT2D eigenvalue weighted by atomic mass is 16.4. The Morgan fingerprint density at radius 3 is 2.67 bits per heavy atom. The van der Waals surface area contributed by atoms with E-state index in [-0.39, 0.29) is 17.9 Å². The molecule has 1 aromatic heterocycles. The minimum absolute atomic E-state index is 0.0344. The molecule has 0 radical (unpaired) electrons. The average Bonchev–Trinajstić information content (AvgIpc) is 2.82. The molecule has 110 valence electrons. The molecule has 0 unspecified atom stereocenters. The number of aromatic amines is 1. The molecule has 0 aliphatic heterocycles. The Bertz CT molecular complexity index is 726. The van der Waals surface area contributed by atoms with Gasteiger partial charge in [-0.15, -0.1) is 0 Å². The fourth-order valence-corrected chi connectivity index (χ4v) is 2.78. The van der Waals surface area contributed by atoms with Crippen molar-refractivity contribution in [2.24, 2.45) is 5.92 Å². The Labute approximate surface area is 122 Å². The predicted molar refractivity (Wildman–Crippen MR) is 79.4 cm³/mol. The average molecular weight is 286 g/mol. The van der Waals surface area contributed by atoms with Gasteiger partial charge in [0.05, 0.1) is 5.92 Å². The van der Waals surface area contributed by atoms with Gasteiger partial charge in [-0.05, 0) is 49.9 Å². The van der Waals surface area contributed by atoms with Crippen LogP contribution in [0.4, 0.5) is 0 Å². The van der Waals surface area contributed by atoms with Crippen molar-refractivity contribution in [3.05, 3.63) is 35.0 Å². The van der Waals surface area contributed by atoms with E-state index in [9.17, 15) is 9.59 Å². The van der Waals surface area contributed by atoms with E-state index in [4.69, 9.17) is 5.11 Å². The molecule has 1 heterocycles. The quantitative estimate of drug-likeness (QED) is 0.810. The van der Waals surface area contributed by atoms with Crippen molar-refractivity contribution < 1.29 is 14.7 Å². The monoisotopic (exact) mass is 286 g/mol. The second kappa shape index (κ2) is 4.91. The molecule has 1 aromatic carbocycles. The first-order chi connectivity index (χ1) is 9.95. The van der Waals surface area contributed by atoms with Crippen molar-refractivity contribution in [3.63, 3.8) is 0 Å². The first kappa shape index (κ1) is 13.7. The summed E-state index contributed by atoms with van der Waals surface area (Å²) >= 11 is 0. The zero-order chi connectivity index (χ0) is 15.1. The number of aryl methyl sites for hydroxylation is 2. The van der Waals surface area contributed by atoms with Crippen LogP contribution in [0, 0.1) is 19.8 Å². The summed E-state index contributed by atoms with van der Waals surface area (Å²) < 4.78 is 0. The number of hydrogen-bond donors (Lipinski definition) is 3. The lowest BCUT2D eigenvalue weighted by molar-refractivity contribution is -0.145. The van der Waals surface area contributed by atoms with E-state index in [1.54, 1.807) is 0 Å². The zero-order valence-electron chi connectivity index (χ0n) is 12.1. The van der Waals surface area contributed by atoms with Crippen LogP contribution in [0.1, 0.15) is 34.5 Å². The second-order valence-electron chi connectivity index (χ2n) is 5.83. The van der Waals surface area contributed by atoms with Crippen molar-refractivity contribution in [2.75, 3.05) is 0 Å². The number of benzene rings is 1. The third-order valence-corrected chi connectivity index (χ3v) is 4.41. The molecule has 0 spiro atoms. The van der Waals surface area contributed by atoms with Gasteiger partial charge >= 0.3 is 5.97 Å². The van der Waals surface area contributed by atoms with E-state index in [0.29, 0.717) is 18.5 Å². The topological polar surface area (TPSA) is 82.2 Å². The molecular weight excluding hydrogens is 268 g/mol. The van der Waals surface area contributed by atoms with Crippen LogP contribution in [0.15, 0.2) is 18.2 Å². The van der Waals surface area contributed by atoms with Gasteiger partial charge in [-0.3, -0.25) is 9.59 Å². The molecule has 5 heteroatoms. The molecule has 1 amide bonds. The Balaban J connectivity index is 1.74. The third kappa shape index (κ3) is 2.39. The fraction of sp³-hybridized carbons (Fsp3) is 0.375. The summed E-state index contributed by atoms with van der Waals surface area (Å²) in [5.41, 5.74) is 3.83. The summed E-state index contributed by atoms with van der Waals surface area (Å²) in [6.45, 7) is 4.08. The number of carbonyl (C=O) groups excluding carboxylic acids is 1. The summed E-state index contributed by atoms with van der Waals surface area (Å²) in [5, 5.41) is 12.8. The Morgan fingerprint density at radius 2 is 2.00 bits per heavy atom. The standard InChI is InChI=1S/C16H18N2O3/c1-8-3-4-13-12(9(8)2)7-14(18-13)15(19)17-11-5-10(6-11)16(20)21/h3-4,7,10-11,18H,5-6H2,1-2H3,(H,17,19)(H,20,21). The Morgan fingerprint density at radius 1 is 1.29 bits per heavy atom. The molecule has 1 aliphatic carbocycles. The molecule has 3 N–H and O–H groups in total. The molecule has 2 aromatic rings. The van der Waals surface area contributed by atoms with Gasteiger partial charge in [0.2, 0.25) is 0 Å². The molecule has 0 atom stereocenters. The zero-order valence-corrected chi connectivity index (χ0v) is 12.1. The lowest BCUT2D eigenvalue weighted by atomic mass is 9.80. The number of carbonyl (C=O) groups is 2. The van der Waals surface area contributed by atoms with Crippen LogP contribution >= 0.6 is 0 Å². The van der Waals surface area contributed by atoms with Gasteiger partial charge in [-0.2, -0.15) is 0 Å². The number of aromatic nitrogens is 1. The van der Waals surface area contributed by atoms with Gasteiger partial charge in [0.1, 0.15) is 5.69 Å². The number of nitrogens with one attached hydrogen (secondary N) is 2. The molecule has 0 saturated heterocycles. The highest BCUT2D eigenvalue weighted by molar-refractivity contribution is 5.99. The van der Waals surface area contributed by atoms with Gasteiger partial charge in [0.15, 0.2) is 0 Å². The number of hydrogen-bond acceptors (Lipinski definition) is 2.